The summed E-state index contributed by atoms with van der Waals surface area (Å²) in [6, 6.07) is 11.2. The molecule has 2 aromatic rings. The van der Waals surface area contributed by atoms with Gasteiger partial charge in [-0.25, -0.2) is 0 Å². The van der Waals surface area contributed by atoms with Gasteiger partial charge < -0.3 is 15.8 Å². The maximum absolute atomic E-state index is 11.7. The third kappa shape index (κ3) is 5.77. The Labute approximate surface area is 136 Å². The first-order valence-corrected chi connectivity index (χ1v) is 8.24. The van der Waals surface area contributed by atoms with Gasteiger partial charge in [0.15, 0.2) is 0 Å². The van der Waals surface area contributed by atoms with E-state index in [1.54, 1.807) is 35.6 Å². The molecule has 3 N–H and O–H groups in total. The van der Waals surface area contributed by atoms with E-state index in [1.165, 1.54) is 4.88 Å². The number of nitrogen functional groups attached to an aromatic ring is 1. The fraction of sp³-hybridized carbons (Fsp3) is 0.267. The summed E-state index contributed by atoms with van der Waals surface area (Å²) in [4.78, 5) is 12.9. The van der Waals surface area contributed by atoms with E-state index in [2.05, 4.69) is 27.3 Å². The number of thiophene rings is 1. The molecule has 2 rings (SSSR count). The Hall–Kier alpha value is -1.53. The van der Waals surface area contributed by atoms with Crippen LogP contribution in [0.2, 0.25) is 0 Å². The summed E-state index contributed by atoms with van der Waals surface area (Å²) < 4.78 is 6.59. The molecule has 6 heteroatoms. The van der Waals surface area contributed by atoms with Crippen molar-refractivity contribution >= 4 is 38.9 Å². The number of hydrogen-bond acceptors (Lipinski definition) is 4. The van der Waals surface area contributed by atoms with Crippen LogP contribution in [0.25, 0.3) is 0 Å². The van der Waals surface area contributed by atoms with Crippen LogP contribution in [-0.4, -0.2) is 19.1 Å². The van der Waals surface area contributed by atoms with Crippen LogP contribution in [0.5, 0.6) is 5.75 Å². The number of ether oxygens (including phenoxy) is 1. The second kappa shape index (κ2) is 8.05. The lowest BCUT2D eigenvalue weighted by atomic mass is 10.3. The molecule has 21 heavy (non-hydrogen) atoms. The Bertz CT molecular complexity index is 584. The van der Waals surface area contributed by atoms with Crippen molar-refractivity contribution in [2.24, 2.45) is 0 Å². The summed E-state index contributed by atoms with van der Waals surface area (Å²) in [5.74, 6) is 0.724. The number of nitrogens with one attached hydrogen (secondary N) is 1. The van der Waals surface area contributed by atoms with Crippen LogP contribution in [-0.2, 0) is 11.2 Å². The van der Waals surface area contributed by atoms with Crippen LogP contribution in [0, 0.1) is 0 Å². The minimum Gasteiger partial charge on any atom is -0.493 e. The molecule has 0 atom stereocenters. The Balaban J connectivity index is 1.60. The Morgan fingerprint density at radius 1 is 1.24 bits per heavy atom. The molecular weight excluding hydrogens is 352 g/mol. The van der Waals surface area contributed by atoms with Gasteiger partial charge in [-0.15, -0.1) is 11.3 Å². The highest BCUT2D eigenvalue weighted by atomic mass is 79.9. The minimum absolute atomic E-state index is 0.000988. The van der Waals surface area contributed by atoms with Crippen LogP contribution in [0.4, 0.5) is 5.69 Å². The van der Waals surface area contributed by atoms with Crippen molar-refractivity contribution in [3.8, 4) is 5.75 Å². The fourth-order valence-electron chi connectivity index (χ4n) is 1.73. The average Bonchev–Trinajstić information content (AvgIpc) is 2.87. The van der Waals surface area contributed by atoms with Crippen LogP contribution in [0.15, 0.2) is 40.2 Å². The third-order valence-electron chi connectivity index (χ3n) is 2.80. The summed E-state index contributed by atoms with van der Waals surface area (Å²) in [5, 5.41) is 2.89. The molecule has 0 aliphatic rings. The van der Waals surface area contributed by atoms with Crippen molar-refractivity contribution in [1.29, 1.82) is 0 Å². The molecule has 0 fully saturated rings. The number of carbonyl (C=O) groups excluding carboxylic acids is 1. The summed E-state index contributed by atoms with van der Waals surface area (Å²) in [6.07, 6.45) is 1.19. The van der Waals surface area contributed by atoms with Gasteiger partial charge >= 0.3 is 0 Å². The predicted octanol–water partition coefficient (Wildman–Crippen LogP) is 3.22. The van der Waals surface area contributed by atoms with Crippen molar-refractivity contribution in [1.82, 2.24) is 5.32 Å². The van der Waals surface area contributed by atoms with Crippen LogP contribution < -0.4 is 15.8 Å². The smallest absolute Gasteiger partial charge is 0.223 e. The van der Waals surface area contributed by atoms with Gasteiger partial charge in [-0.1, -0.05) is 0 Å². The number of anilines is 1. The van der Waals surface area contributed by atoms with Gasteiger partial charge in [0.05, 0.1) is 16.8 Å². The number of benzene rings is 1. The van der Waals surface area contributed by atoms with Crippen molar-refractivity contribution in [3.63, 3.8) is 0 Å². The molecule has 0 bridgehead atoms. The molecule has 0 spiro atoms. The molecule has 0 saturated carbocycles. The Kier molecular flexibility index (Phi) is 6.07. The maximum Gasteiger partial charge on any atom is 0.223 e. The molecule has 0 aliphatic carbocycles. The van der Waals surface area contributed by atoms with E-state index in [1.807, 2.05) is 6.07 Å². The van der Waals surface area contributed by atoms with E-state index >= 15 is 0 Å². The largest absolute Gasteiger partial charge is 0.493 e. The van der Waals surface area contributed by atoms with Gasteiger partial charge in [0, 0.05) is 17.1 Å². The van der Waals surface area contributed by atoms with E-state index in [0.29, 0.717) is 25.3 Å². The highest BCUT2D eigenvalue weighted by Gasteiger charge is 2.03. The van der Waals surface area contributed by atoms with Gasteiger partial charge in [-0.05, 0) is 58.7 Å². The molecule has 4 nitrogen and oxygen atoms in total. The second-order valence-electron chi connectivity index (χ2n) is 4.47. The number of carbonyl (C=O) groups is 1. The lowest BCUT2D eigenvalue weighted by Crippen LogP contribution is -2.26. The predicted molar refractivity (Wildman–Crippen MR) is 89.7 cm³/mol. The summed E-state index contributed by atoms with van der Waals surface area (Å²) in [5.41, 5.74) is 6.28. The van der Waals surface area contributed by atoms with Crippen molar-refractivity contribution < 1.29 is 9.53 Å². The lowest BCUT2D eigenvalue weighted by molar-refractivity contribution is -0.121. The molecule has 1 aromatic carbocycles. The summed E-state index contributed by atoms with van der Waals surface area (Å²) in [7, 11) is 0. The van der Waals surface area contributed by atoms with E-state index < -0.39 is 0 Å². The highest BCUT2D eigenvalue weighted by Crippen LogP contribution is 2.22. The molecule has 0 radical (unpaired) electrons. The van der Waals surface area contributed by atoms with Crippen LogP contribution >= 0.6 is 27.3 Å². The first-order chi connectivity index (χ1) is 10.1. The molecule has 0 unspecified atom stereocenters. The molecule has 1 aromatic heterocycles. The standard InChI is InChI=1S/C15H17BrN2O2S/c16-14-6-5-13(21-14)7-9-18-15(19)8-10-20-12-3-1-11(17)2-4-12/h1-6H,7-10,17H2,(H,18,19). The summed E-state index contributed by atoms with van der Waals surface area (Å²) >= 11 is 5.11. The topological polar surface area (TPSA) is 64.3 Å². The molecular formula is C15H17BrN2O2S. The number of nitrogens with two attached hydrogens (primary N) is 1. The normalized spacial score (nSPS) is 10.3. The zero-order valence-corrected chi connectivity index (χ0v) is 13.9. The van der Waals surface area contributed by atoms with Gasteiger partial charge in [-0.3, -0.25) is 4.79 Å². The number of halogens is 1. The Morgan fingerprint density at radius 2 is 2.00 bits per heavy atom. The molecule has 1 heterocycles. The van der Waals surface area contributed by atoms with Crippen molar-refractivity contribution in [2.45, 2.75) is 12.8 Å². The van der Waals surface area contributed by atoms with Crippen molar-refractivity contribution in [2.75, 3.05) is 18.9 Å². The SMILES string of the molecule is Nc1ccc(OCCC(=O)NCCc2ccc(Br)s2)cc1. The van der Waals surface area contributed by atoms with E-state index in [0.717, 1.165) is 16.0 Å². The number of amides is 1. The number of rotatable bonds is 7. The first-order valence-electron chi connectivity index (χ1n) is 6.63. The van der Waals surface area contributed by atoms with E-state index in [4.69, 9.17) is 10.5 Å². The second-order valence-corrected chi connectivity index (χ2v) is 7.02. The van der Waals surface area contributed by atoms with Crippen molar-refractivity contribution in [3.05, 3.63) is 45.1 Å². The molecule has 1 amide bonds. The van der Waals surface area contributed by atoms with E-state index in [-0.39, 0.29) is 5.91 Å². The third-order valence-corrected chi connectivity index (χ3v) is 4.48. The van der Waals surface area contributed by atoms with Gasteiger partial charge in [0.1, 0.15) is 5.75 Å². The van der Waals surface area contributed by atoms with Gasteiger partial charge in [-0.2, -0.15) is 0 Å². The zero-order chi connectivity index (χ0) is 15.1. The average molecular weight is 369 g/mol. The van der Waals surface area contributed by atoms with Crippen LogP contribution in [0.1, 0.15) is 11.3 Å². The van der Waals surface area contributed by atoms with Crippen LogP contribution in [0.3, 0.4) is 0 Å². The molecule has 112 valence electrons. The van der Waals surface area contributed by atoms with Gasteiger partial charge in [0.25, 0.3) is 0 Å². The quantitative estimate of drug-likeness (QED) is 0.737. The zero-order valence-electron chi connectivity index (χ0n) is 11.5. The molecule has 0 saturated heterocycles. The van der Waals surface area contributed by atoms with Gasteiger partial charge in [0.2, 0.25) is 5.91 Å². The van der Waals surface area contributed by atoms with E-state index in [9.17, 15) is 4.79 Å². The Morgan fingerprint density at radius 3 is 2.67 bits per heavy atom. The first kappa shape index (κ1) is 15.9. The minimum atomic E-state index is 0.000988. The fourth-order valence-corrected chi connectivity index (χ4v) is 3.21. The highest BCUT2D eigenvalue weighted by molar-refractivity contribution is 9.11. The summed E-state index contributed by atoms with van der Waals surface area (Å²) in [6.45, 7) is 1.01. The lowest BCUT2D eigenvalue weighted by Gasteiger charge is -2.07. The molecule has 0 aliphatic heterocycles. The number of hydrogen-bond donors (Lipinski definition) is 2. The monoisotopic (exact) mass is 368 g/mol. The maximum atomic E-state index is 11.7.